The van der Waals surface area contributed by atoms with Crippen molar-refractivity contribution in [3.05, 3.63) is 0 Å². The van der Waals surface area contributed by atoms with Crippen molar-refractivity contribution in [1.82, 2.24) is 9.80 Å². The number of likely N-dealkylation sites (tertiary alicyclic amines) is 1. The molecule has 3 nitrogen and oxygen atoms in total. The number of amides is 1. The molecule has 1 rings (SSSR count). The maximum atomic E-state index is 12.9. The Balaban J connectivity index is 2.57. The smallest absolute Gasteiger partial charge is 0.239 e. The van der Waals surface area contributed by atoms with Crippen molar-refractivity contribution in [1.29, 1.82) is 0 Å². The molecule has 76 valence electrons. The summed E-state index contributed by atoms with van der Waals surface area (Å²) >= 11 is 0. The molecule has 0 N–H and O–H groups in total. The van der Waals surface area contributed by atoms with E-state index in [9.17, 15) is 9.18 Å². The molecule has 0 unspecified atom stereocenters. The number of halogens is 1. The van der Waals surface area contributed by atoms with Gasteiger partial charge in [-0.25, -0.2) is 4.39 Å². The fourth-order valence-corrected chi connectivity index (χ4v) is 1.64. The summed E-state index contributed by atoms with van der Waals surface area (Å²) in [6, 6.07) is -0.250. The predicted octanol–water partition coefficient (Wildman–Crippen LogP) is 0.507. The van der Waals surface area contributed by atoms with Crippen molar-refractivity contribution in [3.8, 4) is 0 Å². The van der Waals surface area contributed by atoms with Gasteiger partial charge in [-0.3, -0.25) is 9.69 Å². The second-order valence-electron chi connectivity index (χ2n) is 3.64. The van der Waals surface area contributed by atoms with Crippen molar-refractivity contribution >= 4 is 5.91 Å². The van der Waals surface area contributed by atoms with Gasteiger partial charge in [0.25, 0.3) is 0 Å². The van der Waals surface area contributed by atoms with E-state index in [2.05, 4.69) is 0 Å². The lowest BCUT2D eigenvalue weighted by Crippen LogP contribution is -2.42. The number of hydrogen-bond acceptors (Lipinski definition) is 2. The molecule has 2 atom stereocenters. The zero-order chi connectivity index (χ0) is 10.0. The van der Waals surface area contributed by atoms with Gasteiger partial charge in [0, 0.05) is 26.6 Å². The Bertz CT molecular complexity index is 198. The Labute approximate surface area is 78.5 Å². The van der Waals surface area contributed by atoms with Gasteiger partial charge in [0.1, 0.15) is 6.17 Å². The van der Waals surface area contributed by atoms with Crippen LogP contribution in [0.2, 0.25) is 0 Å². The highest BCUT2D eigenvalue weighted by atomic mass is 19.1. The van der Waals surface area contributed by atoms with Crippen molar-refractivity contribution < 1.29 is 9.18 Å². The van der Waals surface area contributed by atoms with Crippen molar-refractivity contribution in [3.63, 3.8) is 0 Å². The van der Waals surface area contributed by atoms with Crippen LogP contribution in [0.1, 0.15) is 13.3 Å². The minimum Gasteiger partial charge on any atom is -0.345 e. The summed E-state index contributed by atoms with van der Waals surface area (Å²) in [4.78, 5) is 15.1. The van der Waals surface area contributed by atoms with E-state index in [1.807, 2.05) is 6.92 Å². The fraction of sp³-hybridized carbons (Fsp3) is 0.889. The van der Waals surface area contributed by atoms with Crippen LogP contribution in [0, 0.1) is 0 Å². The van der Waals surface area contributed by atoms with Crippen LogP contribution in [0.15, 0.2) is 0 Å². The number of alkyl halides is 1. The zero-order valence-electron chi connectivity index (χ0n) is 8.46. The third-order valence-corrected chi connectivity index (χ3v) is 2.63. The van der Waals surface area contributed by atoms with Crippen molar-refractivity contribution in [2.75, 3.05) is 27.2 Å². The third-order valence-electron chi connectivity index (χ3n) is 2.63. The molecular formula is C9H17FN2O. The van der Waals surface area contributed by atoms with E-state index < -0.39 is 6.17 Å². The molecule has 0 radical (unpaired) electrons. The summed E-state index contributed by atoms with van der Waals surface area (Å²) in [5.41, 5.74) is 0. The highest BCUT2D eigenvalue weighted by Gasteiger charge is 2.35. The standard InChI is InChI=1S/C9H17FN2O/c1-4-11(2)9(13)8-5-7(10)6-12(8)3/h7-8H,4-6H2,1-3H3/t7-,8+/m1/s1. The first-order chi connectivity index (χ1) is 6.06. The first-order valence-corrected chi connectivity index (χ1v) is 4.65. The van der Waals surface area contributed by atoms with Crippen LogP contribution in [0.3, 0.4) is 0 Å². The van der Waals surface area contributed by atoms with Gasteiger partial charge >= 0.3 is 0 Å². The van der Waals surface area contributed by atoms with Crippen LogP contribution in [0.4, 0.5) is 4.39 Å². The van der Waals surface area contributed by atoms with Crippen molar-refractivity contribution in [2.45, 2.75) is 25.6 Å². The Morgan fingerprint density at radius 1 is 1.69 bits per heavy atom. The maximum absolute atomic E-state index is 12.9. The second kappa shape index (κ2) is 4.05. The minimum absolute atomic E-state index is 0.0325. The summed E-state index contributed by atoms with van der Waals surface area (Å²) in [5, 5.41) is 0. The van der Waals surface area contributed by atoms with Gasteiger partial charge in [-0.1, -0.05) is 0 Å². The lowest BCUT2D eigenvalue weighted by molar-refractivity contribution is -0.134. The number of carbonyl (C=O) groups is 1. The van der Waals surface area contributed by atoms with Gasteiger partial charge in [0.15, 0.2) is 0 Å². The summed E-state index contributed by atoms with van der Waals surface area (Å²) in [7, 11) is 3.55. The van der Waals surface area contributed by atoms with E-state index in [0.717, 1.165) is 0 Å². The topological polar surface area (TPSA) is 23.6 Å². The lowest BCUT2D eigenvalue weighted by atomic mass is 10.2. The van der Waals surface area contributed by atoms with Gasteiger partial charge < -0.3 is 4.90 Å². The Morgan fingerprint density at radius 3 is 2.69 bits per heavy atom. The lowest BCUT2D eigenvalue weighted by Gasteiger charge is -2.23. The van der Waals surface area contributed by atoms with Crippen molar-refractivity contribution in [2.24, 2.45) is 0 Å². The SMILES string of the molecule is CCN(C)C(=O)[C@@H]1C[C@@H](F)CN1C. The van der Waals surface area contributed by atoms with Crippen LogP contribution >= 0.6 is 0 Å². The van der Waals surface area contributed by atoms with Crippen LogP contribution in [0.5, 0.6) is 0 Å². The zero-order valence-corrected chi connectivity index (χ0v) is 8.46. The first kappa shape index (κ1) is 10.4. The molecule has 0 aromatic heterocycles. The number of likely N-dealkylation sites (N-methyl/N-ethyl adjacent to an activating group) is 2. The van der Waals surface area contributed by atoms with E-state index >= 15 is 0 Å². The molecule has 13 heavy (non-hydrogen) atoms. The quantitative estimate of drug-likeness (QED) is 0.630. The number of rotatable bonds is 2. The van der Waals surface area contributed by atoms with E-state index in [4.69, 9.17) is 0 Å². The molecule has 0 bridgehead atoms. The van der Waals surface area contributed by atoms with E-state index in [0.29, 0.717) is 19.5 Å². The van der Waals surface area contributed by atoms with Gasteiger partial charge in [-0.15, -0.1) is 0 Å². The molecule has 0 aliphatic carbocycles. The van der Waals surface area contributed by atoms with Gasteiger partial charge in [0.05, 0.1) is 6.04 Å². The molecule has 1 saturated heterocycles. The number of nitrogens with zero attached hydrogens (tertiary/aromatic N) is 2. The first-order valence-electron chi connectivity index (χ1n) is 4.65. The molecule has 1 amide bonds. The van der Waals surface area contributed by atoms with Gasteiger partial charge in [0.2, 0.25) is 5.91 Å². The summed E-state index contributed by atoms with van der Waals surface area (Å²) in [6.07, 6.45) is -0.496. The number of hydrogen-bond donors (Lipinski definition) is 0. The summed E-state index contributed by atoms with van der Waals surface area (Å²) < 4.78 is 12.9. The Hall–Kier alpha value is -0.640. The average Bonchev–Trinajstić information content (AvgIpc) is 2.42. The summed E-state index contributed by atoms with van der Waals surface area (Å²) in [6.45, 7) is 2.98. The van der Waals surface area contributed by atoms with Gasteiger partial charge in [-0.2, -0.15) is 0 Å². The van der Waals surface area contributed by atoms with Crippen LogP contribution in [-0.2, 0) is 4.79 Å². The molecule has 1 heterocycles. The van der Waals surface area contributed by atoms with Crippen LogP contribution < -0.4 is 0 Å². The monoisotopic (exact) mass is 188 g/mol. The average molecular weight is 188 g/mol. The van der Waals surface area contributed by atoms with Gasteiger partial charge in [-0.05, 0) is 14.0 Å². The Kier molecular flexibility index (Phi) is 3.25. The maximum Gasteiger partial charge on any atom is 0.239 e. The molecule has 0 saturated carbocycles. The molecular weight excluding hydrogens is 171 g/mol. The molecule has 1 aliphatic rings. The normalized spacial score (nSPS) is 29.2. The summed E-state index contributed by atoms with van der Waals surface area (Å²) in [5.74, 6) is 0.0325. The third kappa shape index (κ3) is 2.18. The molecule has 0 aromatic carbocycles. The highest BCUT2D eigenvalue weighted by Crippen LogP contribution is 2.19. The molecule has 0 aromatic rings. The molecule has 0 spiro atoms. The molecule has 4 heteroatoms. The number of carbonyl (C=O) groups excluding carboxylic acids is 1. The van der Waals surface area contributed by atoms with E-state index in [1.165, 1.54) is 0 Å². The van der Waals surface area contributed by atoms with Crippen LogP contribution in [0.25, 0.3) is 0 Å². The highest BCUT2D eigenvalue weighted by molar-refractivity contribution is 5.82. The molecule has 1 aliphatic heterocycles. The van der Waals surface area contributed by atoms with E-state index in [-0.39, 0.29) is 11.9 Å². The molecule has 1 fully saturated rings. The fourth-order valence-electron chi connectivity index (χ4n) is 1.64. The largest absolute Gasteiger partial charge is 0.345 e. The second-order valence-corrected chi connectivity index (χ2v) is 3.64. The van der Waals surface area contributed by atoms with Crippen LogP contribution in [-0.4, -0.2) is 55.1 Å². The predicted molar refractivity (Wildman–Crippen MR) is 49.2 cm³/mol. The minimum atomic E-state index is -0.843. The van der Waals surface area contributed by atoms with E-state index in [1.54, 1.807) is 23.9 Å². The Morgan fingerprint density at radius 2 is 2.31 bits per heavy atom.